The fourth-order valence-corrected chi connectivity index (χ4v) is 4.29. The molecule has 0 bridgehead atoms. The number of urea groups is 1. The van der Waals surface area contributed by atoms with Crippen molar-refractivity contribution >= 4 is 64.4 Å². The van der Waals surface area contributed by atoms with Gasteiger partial charge in [-0.3, -0.25) is 14.9 Å². The van der Waals surface area contributed by atoms with Gasteiger partial charge in [0, 0.05) is 26.2 Å². The third-order valence-corrected chi connectivity index (χ3v) is 6.19. The number of ether oxygens (including phenoxy) is 1. The van der Waals surface area contributed by atoms with Crippen molar-refractivity contribution in [3.63, 3.8) is 0 Å². The van der Waals surface area contributed by atoms with Crippen LogP contribution in [-0.4, -0.2) is 17.8 Å². The molecule has 1 heterocycles. The largest absolute Gasteiger partial charge is 0.488 e. The quantitative estimate of drug-likeness (QED) is 0.302. The second-order valence-electron chi connectivity index (χ2n) is 7.95. The molecule has 178 valence electrons. The number of halogens is 3. The Kier molecular flexibility index (Phi) is 7.17. The topological polar surface area (TPSA) is 75.7 Å². The molecular formula is C26H19Cl3N2O4. The Bertz CT molecular complexity index is 1400. The Morgan fingerprint density at radius 2 is 1.63 bits per heavy atom. The highest BCUT2D eigenvalue weighted by molar-refractivity contribution is 6.39. The number of rotatable bonds is 5. The third kappa shape index (κ3) is 5.35. The predicted molar refractivity (Wildman–Crippen MR) is 137 cm³/mol. The summed E-state index contributed by atoms with van der Waals surface area (Å²) in [6.07, 6.45) is 1.35. The van der Waals surface area contributed by atoms with Crippen LogP contribution in [0.25, 0.3) is 6.08 Å². The van der Waals surface area contributed by atoms with Crippen molar-refractivity contribution < 1.29 is 19.1 Å². The first-order chi connectivity index (χ1) is 16.6. The van der Waals surface area contributed by atoms with E-state index in [1.54, 1.807) is 55.5 Å². The Morgan fingerprint density at radius 3 is 2.34 bits per heavy atom. The first-order valence-electron chi connectivity index (χ1n) is 10.5. The fourth-order valence-electron chi connectivity index (χ4n) is 3.65. The average Bonchev–Trinajstić information content (AvgIpc) is 2.78. The summed E-state index contributed by atoms with van der Waals surface area (Å²) in [7, 11) is 0. The van der Waals surface area contributed by atoms with E-state index >= 15 is 0 Å². The number of carbonyl (C=O) groups is 3. The monoisotopic (exact) mass is 528 g/mol. The number of nitrogens with one attached hydrogen (secondary N) is 1. The van der Waals surface area contributed by atoms with Crippen molar-refractivity contribution in [3.05, 3.63) is 97.5 Å². The van der Waals surface area contributed by atoms with Gasteiger partial charge >= 0.3 is 6.03 Å². The zero-order chi connectivity index (χ0) is 25.3. The van der Waals surface area contributed by atoms with E-state index in [4.69, 9.17) is 39.5 Å². The Labute approximate surface area is 217 Å². The van der Waals surface area contributed by atoms with Gasteiger partial charge in [-0.25, -0.2) is 9.69 Å². The van der Waals surface area contributed by atoms with Crippen LogP contribution < -0.4 is 15.0 Å². The molecule has 0 atom stereocenters. The highest BCUT2D eigenvalue weighted by Crippen LogP contribution is 2.30. The zero-order valence-corrected chi connectivity index (χ0v) is 21.0. The van der Waals surface area contributed by atoms with Crippen molar-refractivity contribution in [2.45, 2.75) is 20.5 Å². The minimum absolute atomic E-state index is 0.112. The van der Waals surface area contributed by atoms with Crippen LogP contribution in [0, 0.1) is 13.8 Å². The number of barbiturate groups is 1. The van der Waals surface area contributed by atoms with Crippen molar-refractivity contribution in [2.75, 3.05) is 4.90 Å². The van der Waals surface area contributed by atoms with Crippen LogP contribution >= 0.6 is 34.8 Å². The average molecular weight is 530 g/mol. The summed E-state index contributed by atoms with van der Waals surface area (Å²) in [6, 6.07) is 14.3. The summed E-state index contributed by atoms with van der Waals surface area (Å²) in [5.41, 5.74) is 2.93. The number of anilines is 1. The number of nitrogens with zero attached hydrogens (tertiary/aromatic N) is 1. The minimum Gasteiger partial charge on any atom is -0.488 e. The van der Waals surface area contributed by atoms with Gasteiger partial charge in [-0.05, 0) is 61.9 Å². The van der Waals surface area contributed by atoms with Crippen LogP contribution in [0.3, 0.4) is 0 Å². The summed E-state index contributed by atoms with van der Waals surface area (Å²) in [4.78, 5) is 39.5. The first kappa shape index (κ1) is 24.8. The molecule has 1 N–H and O–H groups in total. The molecule has 3 aromatic carbocycles. The van der Waals surface area contributed by atoms with Crippen LogP contribution in [0.5, 0.6) is 5.75 Å². The molecule has 4 amide bonds. The van der Waals surface area contributed by atoms with Crippen LogP contribution in [0.2, 0.25) is 15.1 Å². The normalized spacial score (nSPS) is 14.9. The van der Waals surface area contributed by atoms with E-state index in [-0.39, 0.29) is 12.2 Å². The maximum absolute atomic E-state index is 13.3. The summed E-state index contributed by atoms with van der Waals surface area (Å²) in [6.45, 7) is 3.80. The molecule has 35 heavy (non-hydrogen) atoms. The van der Waals surface area contributed by atoms with Crippen LogP contribution in [0.4, 0.5) is 10.5 Å². The Hall–Kier alpha value is -3.32. The number of carbonyl (C=O) groups excluding carboxylic acids is 3. The molecule has 0 aliphatic carbocycles. The van der Waals surface area contributed by atoms with Gasteiger partial charge in [-0.15, -0.1) is 0 Å². The highest BCUT2D eigenvalue weighted by atomic mass is 35.5. The van der Waals surface area contributed by atoms with Gasteiger partial charge < -0.3 is 4.74 Å². The van der Waals surface area contributed by atoms with Crippen molar-refractivity contribution in [1.29, 1.82) is 0 Å². The SMILES string of the molecule is Cc1ccc(N2C(=O)NC(=O)/C(=C\c3cc(Cl)ccc3OCc3ccc(Cl)cc3Cl)C2=O)c(C)c1. The van der Waals surface area contributed by atoms with E-state index in [1.807, 2.05) is 13.0 Å². The smallest absolute Gasteiger partial charge is 0.335 e. The van der Waals surface area contributed by atoms with E-state index in [0.29, 0.717) is 43.2 Å². The van der Waals surface area contributed by atoms with Crippen molar-refractivity contribution in [1.82, 2.24) is 5.32 Å². The van der Waals surface area contributed by atoms with E-state index in [1.165, 1.54) is 6.08 Å². The molecule has 0 unspecified atom stereocenters. The minimum atomic E-state index is -0.816. The van der Waals surface area contributed by atoms with Gasteiger partial charge in [-0.1, -0.05) is 58.6 Å². The molecule has 0 saturated carbocycles. The van der Waals surface area contributed by atoms with Crippen LogP contribution in [-0.2, 0) is 16.2 Å². The molecule has 0 radical (unpaired) electrons. The van der Waals surface area contributed by atoms with E-state index in [2.05, 4.69) is 5.32 Å². The van der Waals surface area contributed by atoms with Gasteiger partial charge in [0.05, 0.1) is 5.69 Å². The molecule has 4 rings (SSSR count). The highest BCUT2D eigenvalue weighted by Gasteiger charge is 2.37. The van der Waals surface area contributed by atoms with Crippen LogP contribution in [0.15, 0.2) is 60.2 Å². The number of hydrogen-bond donors (Lipinski definition) is 1. The first-order valence-corrected chi connectivity index (χ1v) is 11.6. The standard InChI is InChI=1S/C26H19Cl3N2O4/c1-14-3-7-22(15(2)9-14)31-25(33)20(24(32)30-26(31)34)11-17-10-18(27)6-8-23(17)35-13-16-4-5-19(28)12-21(16)29/h3-12H,13H2,1-2H3,(H,30,32,34)/b20-11+. The third-order valence-electron chi connectivity index (χ3n) is 5.36. The summed E-state index contributed by atoms with van der Waals surface area (Å²) >= 11 is 18.4. The second kappa shape index (κ2) is 10.1. The molecule has 1 aliphatic rings. The number of benzene rings is 3. The fraction of sp³-hybridized carbons (Fsp3) is 0.115. The lowest BCUT2D eigenvalue weighted by Gasteiger charge is -2.27. The lowest BCUT2D eigenvalue weighted by Crippen LogP contribution is -2.54. The zero-order valence-electron chi connectivity index (χ0n) is 18.7. The Morgan fingerprint density at radius 1 is 0.914 bits per heavy atom. The van der Waals surface area contributed by atoms with Gasteiger partial charge in [0.1, 0.15) is 17.9 Å². The maximum Gasteiger partial charge on any atom is 0.335 e. The summed E-state index contributed by atoms with van der Waals surface area (Å²) < 4.78 is 5.92. The lowest BCUT2D eigenvalue weighted by molar-refractivity contribution is -0.122. The Balaban J connectivity index is 1.69. The molecule has 0 spiro atoms. The molecule has 1 aliphatic heterocycles. The predicted octanol–water partition coefficient (Wildman–Crippen LogP) is 6.51. The van der Waals surface area contributed by atoms with Crippen LogP contribution in [0.1, 0.15) is 22.3 Å². The molecule has 1 fully saturated rings. The molecule has 0 aromatic heterocycles. The van der Waals surface area contributed by atoms with E-state index < -0.39 is 17.8 Å². The molecule has 6 nitrogen and oxygen atoms in total. The van der Waals surface area contributed by atoms with E-state index in [9.17, 15) is 14.4 Å². The van der Waals surface area contributed by atoms with Crippen molar-refractivity contribution in [2.24, 2.45) is 0 Å². The van der Waals surface area contributed by atoms with Gasteiger partial charge in [0.25, 0.3) is 11.8 Å². The number of aryl methyl sites for hydroxylation is 2. The molecule has 9 heteroatoms. The van der Waals surface area contributed by atoms with Crippen molar-refractivity contribution in [3.8, 4) is 5.75 Å². The second-order valence-corrected chi connectivity index (χ2v) is 9.23. The molecule has 3 aromatic rings. The maximum atomic E-state index is 13.3. The number of hydrogen-bond acceptors (Lipinski definition) is 4. The molecule has 1 saturated heterocycles. The number of amides is 4. The van der Waals surface area contributed by atoms with E-state index in [0.717, 1.165) is 10.5 Å². The number of imide groups is 2. The van der Waals surface area contributed by atoms with Gasteiger partial charge in [0.2, 0.25) is 0 Å². The lowest BCUT2D eigenvalue weighted by atomic mass is 10.0. The summed E-state index contributed by atoms with van der Waals surface area (Å²) in [5, 5.41) is 3.55. The molecular weight excluding hydrogens is 511 g/mol. The summed E-state index contributed by atoms with van der Waals surface area (Å²) in [5.74, 6) is -1.20. The van der Waals surface area contributed by atoms with Gasteiger partial charge in [0.15, 0.2) is 0 Å². The van der Waals surface area contributed by atoms with Gasteiger partial charge in [-0.2, -0.15) is 0 Å².